The van der Waals surface area contributed by atoms with Crippen LogP contribution in [0.2, 0.25) is 0 Å². The molecule has 0 bridgehead atoms. The van der Waals surface area contributed by atoms with E-state index in [1.54, 1.807) is 21.3 Å². The number of thiophene rings is 1. The van der Waals surface area contributed by atoms with Crippen LogP contribution in [0, 0.1) is 6.92 Å². The van der Waals surface area contributed by atoms with Crippen molar-refractivity contribution in [1.29, 1.82) is 0 Å². The van der Waals surface area contributed by atoms with Gasteiger partial charge in [0.1, 0.15) is 16.4 Å². The summed E-state index contributed by atoms with van der Waals surface area (Å²) < 4.78 is 29.1. The van der Waals surface area contributed by atoms with E-state index in [4.69, 9.17) is 0 Å². The van der Waals surface area contributed by atoms with Crippen molar-refractivity contribution >= 4 is 38.2 Å². The summed E-state index contributed by atoms with van der Waals surface area (Å²) in [6.07, 6.45) is 3.28. The zero-order chi connectivity index (χ0) is 17.6. The van der Waals surface area contributed by atoms with E-state index in [1.165, 1.54) is 17.7 Å². The molecule has 0 spiro atoms. The Morgan fingerprint density at radius 1 is 1.12 bits per heavy atom. The third-order valence-electron chi connectivity index (χ3n) is 4.36. The zero-order valence-electron chi connectivity index (χ0n) is 14.0. The largest absolute Gasteiger partial charge is 0.353 e. The van der Waals surface area contributed by atoms with E-state index >= 15 is 0 Å². The van der Waals surface area contributed by atoms with Crippen LogP contribution in [-0.2, 0) is 17.1 Å². The maximum Gasteiger partial charge on any atom is 0.252 e. The molecule has 10 heteroatoms. The van der Waals surface area contributed by atoms with E-state index < -0.39 is 10.0 Å². The van der Waals surface area contributed by atoms with Crippen molar-refractivity contribution in [3.05, 3.63) is 29.5 Å². The molecule has 0 aliphatic carbocycles. The number of aryl methyl sites for hydroxylation is 2. The fourth-order valence-corrected chi connectivity index (χ4v) is 5.88. The highest BCUT2D eigenvalue weighted by atomic mass is 32.2. The average Bonchev–Trinajstić information content (AvgIpc) is 3.22. The van der Waals surface area contributed by atoms with Gasteiger partial charge in [-0.15, -0.1) is 11.3 Å². The van der Waals surface area contributed by atoms with Crippen molar-refractivity contribution in [1.82, 2.24) is 24.1 Å². The molecule has 0 saturated carbocycles. The Morgan fingerprint density at radius 2 is 1.88 bits per heavy atom. The van der Waals surface area contributed by atoms with Gasteiger partial charge in [-0.1, -0.05) is 0 Å². The Bertz CT molecular complexity index is 1020. The molecule has 132 valence electrons. The molecule has 0 atom stereocenters. The Morgan fingerprint density at radius 3 is 2.56 bits per heavy atom. The average molecular weight is 378 g/mol. The molecular formula is C15H18N6O2S2. The summed E-state index contributed by atoms with van der Waals surface area (Å²) in [7, 11) is -1.57. The molecule has 1 fully saturated rings. The monoisotopic (exact) mass is 378 g/mol. The summed E-state index contributed by atoms with van der Waals surface area (Å²) in [5.74, 6) is 0.808. The molecule has 0 unspecified atom stereocenters. The number of hydrogen-bond donors (Lipinski definition) is 0. The van der Waals surface area contributed by atoms with Crippen molar-refractivity contribution in [2.24, 2.45) is 7.05 Å². The van der Waals surface area contributed by atoms with Gasteiger partial charge in [-0.25, -0.2) is 18.4 Å². The number of nitrogens with zero attached hydrogens (tertiary/aromatic N) is 6. The van der Waals surface area contributed by atoms with E-state index in [0.717, 1.165) is 21.7 Å². The van der Waals surface area contributed by atoms with Crippen LogP contribution in [-0.4, -0.2) is 58.7 Å². The molecule has 4 rings (SSSR count). The minimum Gasteiger partial charge on any atom is -0.353 e. The van der Waals surface area contributed by atoms with Gasteiger partial charge >= 0.3 is 0 Å². The van der Waals surface area contributed by atoms with Gasteiger partial charge in [0.05, 0.1) is 11.6 Å². The lowest BCUT2D eigenvalue weighted by molar-refractivity contribution is 0.385. The number of piperazine rings is 1. The molecule has 8 nitrogen and oxygen atoms in total. The molecule has 0 amide bonds. The fraction of sp³-hybridized carbons (Fsp3) is 0.400. The first-order chi connectivity index (χ1) is 12.0. The van der Waals surface area contributed by atoms with E-state index in [1.807, 2.05) is 20.0 Å². The van der Waals surface area contributed by atoms with Crippen LogP contribution in [0.3, 0.4) is 0 Å². The second-order valence-electron chi connectivity index (χ2n) is 5.96. The SMILES string of the molecule is Cc1ccc(S(=O)(=O)N2CCN(c3ncnc4c3cnn4C)CC2)s1. The van der Waals surface area contributed by atoms with Gasteiger partial charge in [0.15, 0.2) is 5.65 Å². The van der Waals surface area contributed by atoms with Gasteiger partial charge < -0.3 is 4.90 Å². The highest BCUT2D eigenvalue weighted by molar-refractivity contribution is 7.91. The molecule has 0 radical (unpaired) electrons. The van der Waals surface area contributed by atoms with E-state index in [-0.39, 0.29) is 0 Å². The Balaban J connectivity index is 1.55. The van der Waals surface area contributed by atoms with Crippen molar-refractivity contribution < 1.29 is 8.42 Å². The Hall–Kier alpha value is -2.04. The van der Waals surface area contributed by atoms with Gasteiger partial charge in [0.25, 0.3) is 10.0 Å². The lowest BCUT2D eigenvalue weighted by Gasteiger charge is -2.34. The molecule has 3 aromatic rings. The van der Waals surface area contributed by atoms with Crippen LogP contribution in [0.4, 0.5) is 5.82 Å². The maximum atomic E-state index is 12.7. The molecule has 25 heavy (non-hydrogen) atoms. The number of rotatable bonds is 3. The van der Waals surface area contributed by atoms with Crippen molar-refractivity contribution in [2.45, 2.75) is 11.1 Å². The first-order valence-electron chi connectivity index (χ1n) is 7.91. The smallest absolute Gasteiger partial charge is 0.252 e. The summed E-state index contributed by atoms with van der Waals surface area (Å²) in [5, 5.41) is 5.11. The number of hydrogen-bond acceptors (Lipinski definition) is 7. The normalized spacial score (nSPS) is 16.6. The molecule has 1 aliphatic heterocycles. The second-order valence-corrected chi connectivity index (χ2v) is 9.41. The minimum atomic E-state index is -3.41. The van der Waals surface area contributed by atoms with E-state index in [2.05, 4.69) is 20.0 Å². The second kappa shape index (κ2) is 6.04. The number of fused-ring (bicyclic) bond motifs is 1. The summed E-state index contributed by atoms with van der Waals surface area (Å²) >= 11 is 1.32. The predicted molar refractivity (Wildman–Crippen MR) is 96.3 cm³/mol. The standard InChI is InChI=1S/C15H18N6O2S2/c1-11-3-4-13(24-11)25(22,23)21-7-5-20(6-8-21)15-12-9-18-19(2)14(12)16-10-17-15/h3-4,9-10H,5-8H2,1-2H3. The highest BCUT2D eigenvalue weighted by Crippen LogP contribution is 2.27. The van der Waals surface area contributed by atoms with Crippen LogP contribution in [0.1, 0.15) is 4.88 Å². The molecule has 3 aromatic heterocycles. The van der Waals surface area contributed by atoms with Crippen molar-refractivity contribution in [3.63, 3.8) is 0 Å². The summed E-state index contributed by atoms with van der Waals surface area (Å²) in [6.45, 7) is 3.96. The third kappa shape index (κ3) is 2.79. The van der Waals surface area contributed by atoms with Crippen LogP contribution in [0.25, 0.3) is 11.0 Å². The van der Waals surface area contributed by atoms with Gasteiger partial charge in [-0.05, 0) is 19.1 Å². The number of sulfonamides is 1. The van der Waals surface area contributed by atoms with Gasteiger partial charge in [0.2, 0.25) is 0 Å². The Labute approximate surface area is 149 Å². The van der Waals surface area contributed by atoms with E-state index in [0.29, 0.717) is 30.4 Å². The number of anilines is 1. The zero-order valence-corrected chi connectivity index (χ0v) is 15.6. The van der Waals surface area contributed by atoms with Gasteiger partial charge in [0, 0.05) is 38.1 Å². The van der Waals surface area contributed by atoms with Crippen LogP contribution in [0.15, 0.2) is 28.9 Å². The molecule has 1 aliphatic rings. The molecule has 4 heterocycles. The topological polar surface area (TPSA) is 84.2 Å². The fourth-order valence-electron chi connectivity index (χ4n) is 3.02. The lowest BCUT2D eigenvalue weighted by Crippen LogP contribution is -2.48. The minimum absolute atomic E-state index is 0.412. The van der Waals surface area contributed by atoms with Crippen LogP contribution >= 0.6 is 11.3 Å². The van der Waals surface area contributed by atoms with E-state index in [9.17, 15) is 8.42 Å². The summed E-state index contributed by atoms with van der Waals surface area (Å²) in [5.41, 5.74) is 0.772. The maximum absolute atomic E-state index is 12.7. The highest BCUT2D eigenvalue weighted by Gasteiger charge is 2.30. The van der Waals surface area contributed by atoms with Crippen LogP contribution < -0.4 is 4.90 Å². The summed E-state index contributed by atoms with van der Waals surface area (Å²) in [6, 6.07) is 3.53. The van der Waals surface area contributed by atoms with Crippen LogP contribution in [0.5, 0.6) is 0 Å². The molecule has 0 aromatic carbocycles. The van der Waals surface area contributed by atoms with Gasteiger partial charge in [-0.3, -0.25) is 4.68 Å². The Kier molecular flexibility index (Phi) is 3.97. The van der Waals surface area contributed by atoms with Crippen molar-refractivity contribution in [3.8, 4) is 0 Å². The molecule has 1 saturated heterocycles. The molecular weight excluding hydrogens is 360 g/mol. The summed E-state index contributed by atoms with van der Waals surface area (Å²) in [4.78, 5) is 11.7. The lowest BCUT2D eigenvalue weighted by atomic mass is 10.3. The van der Waals surface area contributed by atoms with Gasteiger partial charge in [-0.2, -0.15) is 9.40 Å². The first kappa shape index (κ1) is 16.4. The predicted octanol–water partition coefficient (Wildman–Crippen LogP) is 1.24. The third-order valence-corrected chi connectivity index (χ3v) is 7.72. The molecule has 0 N–H and O–H groups in total. The van der Waals surface area contributed by atoms with Crippen molar-refractivity contribution in [2.75, 3.05) is 31.1 Å². The number of aromatic nitrogens is 4. The quantitative estimate of drug-likeness (QED) is 0.682. The first-order valence-corrected chi connectivity index (χ1v) is 10.2.